The van der Waals surface area contributed by atoms with Gasteiger partial charge in [-0.25, -0.2) is 0 Å². The normalized spacial score (nSPS) is 19.4. The van der Waals surface area contributed by atoms with Crippen molar-refractivity contribution in [3.8, 4) is 5.75 Å². The van der Waals surface area contributed by atoms with E-state index in [1.807, 2.05) is 24.3 Å². The number of likely N-dealkylation sites (tertiary alicyclic amines) is 1. The molecule has 1 N–H and O–H groups in total. The van der Waals surface area contributed by atoms with Crippen LogP contribution in [0.3, 0.4) is 0 Å². The molecule has 18 heavy (non-hydrogen) atoms. The molecule has 98 valence electrons. The topological polar surface area (TPSA) is 49.8 Å². The Labute approximate surface area is 107 Å². The van der Waals surface area contributed by atoms with E-state index >= 15 is 0 Å². The van der Waals surface area contributed by atoms with E-state index in [4.69, 9.17) is 4.74 Å². The monoisotopic (exact) mass is 249 g/mol. The fraction of sp³-hybridized carbons (Fsp3) is 0.500. The average molecular weight is 249 g/mol. The molecule has 0 spiro atoms. The molecule has 0 aromatic heterocycles. The summed E-state index contributed by atoms with van der Waals surface area (Å²) in [4.78, 5) is 12.5. The standard InChI is InChI=1S/C14H19NO3/c1-18-13-4-2-12(3-5-13)14(17)6-8-15(9-7-14)10-11-16/h2-5,11,17H,6-10H2,1H3. The molecular weight excluding hydrogens is 230 g/mol. The van der Waals surface area contributed by atoms with Crippen LogP contribution in [0.5, 0.6) is 5.75 Å². The summed E-state index contributed by atoms with van der Waals surface area (Å²) in [7, 11) is 1.63. The molecule has 0 radical (unpaired) electrons. The molecular formula is C14H19NO3. The number of aliphatic hydroxyl groups is 1. The lowest BCUT2D eigenvalue weighted by Crippen LogP contribution is -2.43. The van der Waals surface area contributed by atoms with Crippen LogP contribution in [0.2, 0.25) is 0 Å². The van der Waals surface area contributed by atoms with Crippen molar-refractivity contribution >= 4 is 6.29 Å². The van der Waals surface area contributed by atoms with Crippen molar-refractivity contribution in [1.82, 2.24) is 4.90 Å². The number of rotatable bonds is 4. The lowest BCUT2D eigenvalue weighted by Gasteiger charge is -2.37. The number of piperidine rings is 1. The van der Waals surface area contributed by atoms with Crippen LogP contribution in [0.1, 0.15) is 18.4 Å². The van der Waals surface area contributed by atoms with E-state index in [2.05, 4.69) is 4.90 Å². The average Bonchev–Trinajstić information content (AvgIpc) is 2.42. The van der Waals surface area contributed by atoms with Gasteiger partial charge in [0.25, 0.3) is 0 Å². The molecule has 1 saturated heterocycles. The number of hydrogen-bond acceptors (Lipinski definition) is 4. The fourth-order valence-corrected chi connectivity index (χ4v) is 2.40. The zero-order valence-corrected chi connectivity index (χ0v) is 10.6. The van der Waals surface area contributed by atoms with Gasteiger partial charge in [0.2, 0.25) is 0 Å². The van der Waals surface area contributed by atoms with Gasteiger partial charge in [-0.15, -0.1) is 0 Å². The summed E-state index contributed by atoms with van der Waals surface area (Å²) < 4.78 is 5.11. The summed E-state index contributed by atoms with van der Waals surface area (Å²) in [6.07, 6.45) is 2.23. The highest BCUT2D eigenvalue weighted by Crippen LogP contribution is 2.33. The smallest absolute Gasteiger partial charge is 0.133 e. The van der Waals surface area contributed by atoms with Crippen LogP contribution >= 0.6 is 0 Å². The summed E-state index contributed by atoms with van der Waals surface area (Å²) in [6, 6.07) is 7.55. The van der Waals surface area contributed by atoms with Crippen LogP contribution in [0.25, 0.3) is 0 Å². The lowest BCUT2D eigenvalue weighted by molar-refractivity contribution is -0.110. The number of aldehydes is 1. The minimum atomic E-state index is -0.772. The van der Waals surface area contributed by atoms with E-state index in [0.717, 1.165) is 30.7 Å². The maximum absolute atomic E-state index is 10.6. The summed E-state index contributed by atoms with van der Waals surface area (Å²) in [5, 5.41) is 10.6. The van der Waals surface area contributed by atoms with Crippen molar-refractivity contribution < 1.29 is 14.6 Å². The predicted octanol–water partition coefficient (Wildman–Crippen LogP) is 1.18. The minimum absolute atomic E-state index is 0.457. The van der Waals surface area contributed by atoms with Gasteiger partial charge in [-0.2, -0.15) is 0 Å². The van der Waals surface area contributed by atoms with Gasteiger partial charge in [0.05, 0.1) is 19.3 Å². The maximum Gasteiger partial charge on any atom is 0.133 e. The Morgan fingerprint density at radius 1 is 1.33 bits per heavy atom. The first-order valence-corrected chi connectivity index (χ1v) is 6.21. The second kappa shape index (κ2) is 5.50. The second-order valence-electron chi connectivity index (χ2n) is 4.73. The maximum atomic E-state index is 10.6. The molecule has 1 aliphatic heterocycles. The zero-order valence-electron chi connectivity index (χ0n) is 10.6. The van der Waals surface area contributed by atoms with Crippen LogP contribution < -0.4 is 4.74 Å². The SMILES string of the molecule is COc1ccc(C2(O)CCN(CC=O)CC2)cc1. The van der Waals surface area contributed by atoms with Gasteiger partial charge < -0.3 is 14.6 Å². The fourth-order valence-electron chi connectivity index (χ4n) is 2.40. The first kappa shape index (κ1) is 13.1. The van der Waals surface area contributed by atoms with Crippen molar-refractivity contribution in [1.29, 1.82) is 0 Å². The van der Waals surface area contributed by atoms with E-state index in [-0.39, 0.29) is 0 Å². The minimum Gasteiger partial charge on any atom is -0.497 e. The van der Waals surface area contributed by atoms with Gasteiger partial charge >= 0.3 is 0 Å². The number of ether oxygens (including phenoxy) is 1. The van der Waals surface area contributed by atoms with Gasteiger partial charge in [-0.05, 0) is 30.5 Å². The number of carbonyl (C=O) groups is 1. The number of benzene rings is 1. The van der Waals surface area contributed by atoms with E-state index in [1.54, 1.807) is 7.11 Å². The molecule has 0 unspecified atom stereocenters. The number of nitrogens with zero attached hydrogens (tertiary/aromatic N) is 1. The van der Waals surface area contributed by atoms with Gasteiger partial charge in [-0.3, -0.25) is 4.90 Å². The summed E-state index contributed by atoms with van der Waals surface area (Å²) in [6.45, 7) is 1.96. The van der Waals surface area contributed by atoms with Crippen LogP contribution in [-0.4, -0.2) is 43.0 Å². The van der Waals surface area contributed by atoms with Crippen LogP contribution in [-0.2, 0) is 10.4 Å². The molecule has 1 fully saturated rings. The van der Waals surface area contributed by atoms with E-state index in [0.29, 0.717) is 19.4 Å². The highest BCUT2D eigenvalue weighted by Gasteiger charge is 2.33. The van der Waals surface area contributed by atoms with Crippen molar-refractivity contribution in [3.05, 3.63) is 29.8 Å². The highest BCUT2D eigenvalue weighted by molar-refractivity contribution is 5.52. The third kappa shape index (κ3) is 2.71. The molecule has 1 aliphatic rings. The summed E-state index contributed by atoms with van der Waals surface area (Å²) >= 11 is 0. The zero-order chi connectivity index (χ0) is 13.0. The van der Waals surface area contributed by atoms with E-state index < -0.39 is 5.60 Å². The molecule has 1 aromatic rings. The Kier molecular flexibility index (Phi) is 3.99. The first-order chi connectivity index (χ1) is 8.68. The molecule has 2 rings (SSSR count). The molecule has 4 heteroatoms. The van der Waals surface area contributed by atoms with E-state index in [1.165, 1.54) is 0 Å². The molecule has 4 nitrogen and oxygen atoms in total. The summed E-state index contributed by atoms with van der Waals surface area (Å²) in [5.41, 5.74) is 0.153. The third-order valence-corrected chi connectivity index (χ3v) is 3.64. The Morgan fingerprint density at radius 3 is 2.44 bits per heavy atom. The Hall–Kier alpha value is -1.39. The first-order valence-electron chi connectivity index (χ1n) is 6.21. The van der Waals surface area contributed by atoms with Crippen molar-refractivity contribution in [2.75, 3.05) is 26.7 Å². The lowest BCUT2D eigenvalue weighted by atomic mass is 9.84. The largest absolute Gasteiger partial charge is 0.497 e. The molecule has 0 saturated carbocycles. The van der Waals surface area contributed by atoms with Gasteiger partial charge in [-0.1, -0.05) is 12.1 Å². The van der Waals surface area contributed by atoms with Gasteiger partial charge in [0.15, 0.2) is 0 Å². The van der Waals surface area contributed by atoms with E-state index in [9.17, 15) is 9.90 Å². The molecule has 0 bridgehead atoms. The Morgan fingerprint density at radius 2 is 1.94 bits per heavy atom. The van der Waals surface area contributed by atoms with Crippen LogP contribution in [0.15, 0.2) is 24.3 Å². The van der Waals surface area contributed by atoms with Crippen LogP contribution in [0, 0.1) is 0 Å². The molecule has 1 heterocycles. The van der Waals surface area contributed by atoms with Gasteiger partial charge in [0, 0.05) is 13.1 Å². The summed E-state index contributed by atoms with van der Waals surface area (Å²) in [5.74, 6) is 0.792. The molecule has 0 aliphatic carbocycles. The number of methoxy groups -OCH3 is 1. The number of carbonyl (C=O) groups excluding carboxylic acids is 1. The molecule has 0 amide bonds. The quantitative estimate of drug-likeness (QED) is 0.814. The van der Waals surface area contributed by atoms with Crippen molar-refractivity contribution in [2.45, 2.75) is 18.4 Å². The van der Waals surface area contributed by atoms with Crippen molar-refractivity contribution in [3.63, 3.8) is 0 Å². The molecule has 1 aromatic carbocycles. The Balaban J connectivity index is 2.05. The third-order valence-electron chi connectivity index (χ3n) is 3.64. The van der Waals surface area contributed by atoms with Crippen LogP contribution in [0.4, 0.5) is 0 Å². The molecule has 0 atom stereocenters. The van der Waals surface area contributed by atoms with Crippen molar-refractivity contribution in [2.24, 2.45) is 0 Å². The number of hydrogen-bond donors (Lipinski definition) is 1. The second-order valence-corrected chi connectivity index (χ2v) is 4.73. The predicted molar refractivity (Wildman–Crippen MR) is 68.6 cm³/mol. The highest BCUT2D eigenvalue weighted by atomic mass is 16.5. The van der Waals surface area contributed by atoms with Gasteiger partial charge in [0.1, 0.15) is 12.0 Å². The Bertz CT molecular complexity index is 394.